The summed E-state index contributed by atoms with van der Waals surface area (Å²) in [4.78, 5) is 15.0. The molecule has 4 rings (SSSR count). The van der Waals surface area contributed by atoms with E-state index >= 15 is 0 Å². The summed E-state index contributed by atoms with van der Waals surface area (Å²) in [5.41, 5.74) is 3.53. The Morgan fingerprint density at radius 1 is 1.00 bits per heavy atom. The maximum absolute atomic E-state index is 12.6. The molecule has 168 valence electrons. The van der Waals surface area contributed by atoms with E-state index in [0.29, 0.717) is 18.9 Å². The van der Waals surface area contributed by atoms with E-state index in [1.807, 2.05) is 42.6 Å². The molecule has 1 aliphatic heterocycles. The van der Waals surface area contributed by atoms with Gasteiger partial charge in [0.05, 0.1) is 6.10 Å². The van der Waals surface area contributed by atoms with E-state index in [9.17, 15) is 9.90 Å². The van der Waals surface area contributed by atoms with E-state index in [-0.39, 0.29) is 17.6 Å². The fourth-order valence-electron chi connectivity index (χ4n) is 4.16. The number of piperidine rings is 1. The Labute approximate surface area is 189 Å². The zero-order chi connectivity index (χ0) is 22.3. The zero-order valence-electron chi connectivity index (χ0n) is 18.7. The van der Waals surface area contributed by atoms with E-state index in [1.165, 1.54) is 11.1 Å². The van der Waals surface area contributed by atoms with Crippen LogP contribution in [0.1, 0.15) is 42.4 Å². The van der Waals surface area contributed by atoms with Gasteiger partial charge < -0.3 is 14.4 Å². The number of pyridine rings is 1. The number of benzene rings is 2. The minimum atomic E-state index is -0.137. The van der Waals surface area contributed by atoms with Gasteiger partial charge >= 0.3 is 0 Å². The van der Waals surface area contributed by atoms with Crippen molar-refractivity contribution >= 4 is 0 Å². The Morgan fingerprint density at radius 3 is 2.41 bits per heavy atom. The molecule has 5 heteroatoms. The molecular formula is C27H32N2O3. The minimum absolute atomic E-state index is 0.0497. The monoisotopic (exact) mass is 432 g/mol. The molecule has 1 aromatic heterocycles. The Hall–Kier alpha value is -2.89. The first-order valence-corrected chi connectivity index (χ1v) is 11.4. The number of rotatable bonds is 8. The molecule has 32 heavy (non-hydrogen) atoms. The molecule has 1 saturated heterocycles. The highest BCUT2D eigenvalue weighted by molar-refractivity contribution is 5.26. The van der Waals surface area contributed by atoms with Gasteiger partial charge in [-0.15, -0.1) is 0 Å². The smallest absolute Gasteiger partial charge is 0.254 e. The second-order valence-corrected chi connectivity index (χ2v) is 8.78. The van der Waals surface area contributed by atoms with Crippen LogP contribution in [0.25, 0.3) is 0 Å². The average Bonchev–Trinajstić information content (AvgIpc) is 2.82. The number of hydrogen-bond donors (Lipinski definition) is 1. The molecule has 2 heterocycles. The number of aromatic nitrogens is 1. The average molecular weight is 433 g/mol. The molecule has 0 bridgehead atoms. The third-order valence-corrected chi connectivity index (χ3v) is 6.20. The zero-order valence-corrected chi connectivity index (χ0v) is 18.7. The van der Waals surface area contributed by atoms with Gasteiger partial charge in [-0.05, 0) is 41.5 Å². The van der Waals surface area contributed by atoms with Gasteiger partial charge in [-0.3, -0.25) is 9.69 Å². The van der Waals surface area contributed by atoms with E-state index < -0.39 is 0 Å². The van der Waals surface area contributed by atoms with E-state index in [4.69, 9.17) is 4.74 Å². The summed E-state index contributed by atoms with van der Waals surface area (Å²) in [5.74, 6) is 0.820. The van der Waals surface area contributed by atoms with Gasteiger partial charge in [0.25, 0.3) is 5.56 Å². The fourth-order valence-corrected chi connectivity index (χ4v) is 4.16. The van der Waals surface area contributed by atoms with Gasteiger partial charge in [0.15, 0.2) is 0 Å². The molecule has 0 aliphatic carbocycles. The normalized spacial score (nSPS) is 16.1. The van der Waals surface area contributed by atoms with Crippen molar-refractivity contribution in [2.24, 2.45) is 0 Å². The lowest BCUT2D eigenvalue weighted by molar-refractivity contribution is 0.0792. The van der Waals surface area contributed by atoms with Crippen LogP contribution in [0.4, 0.5) is 0 Å². The van der Waals surface area contributed by atoms with Crippen LogP contribution >= 0.6 is 0 Å². The molecule has 1 atom stereocenters. The topological polar surface area (TPSA) is 54.7 Å². The van der Waals surface area contributed by atoms with Crippen molar-refractivity contribution in [3.05, 3.63) is 100.0 Å². The third-order valence-electron chi connectivity index (χ3n) is 6.20. The first-order valence-electron chi connectivity index (χ1n) is 11.4. The van der Waals surface area contributed by atoms with Crippen molar-refractivity contribution < 1.29 is 9.84 Å². The third kappa shape index (κ3) is 6.09. The van der Waals surface area contributed by atoms with Crippen molar-refractivity contribution in [2.45, 2.75) is 51.5 Å². The molecule has 1 unspecified atom stereocenters. The van der Waals surface area contributed by atoms with Gasteiger partial charge in [0.1, 0.15) is 12.4 Å². The van der Waals surface area contributed by atoms with Crippen LogP contribution in [0, 0.1) is 0 Å². The highest BCUT2D eigenvalue weighted by atomic mass is 16.5. The van der Waals surface area contributed by atoms with Gasteiger partial charge in [-0.2, -0.15) is 0 Å². The summed E-state index contributed by atoms with van der Waals surface area (Å²) in [5, 5.41) is 9.66. The summed E-state index contributed by atoms with van der Waals surface area (Å²) < 4.78 is 7.51. The van der Waals surface area contributed by atoms with Crippen LogP contribution in [0.15, 0.2) is 77.7 Å². The van der Waals surface area contributed by atoms with E-state index in [1.54, 1.807) is 10.6 Å². The highest BCUT2D eigenvalue weighted by Gasteiger charge is 2.17. The van der Waals surface area contributed by atoms with Crippen molar-refractivity contribution in [3.63, 3.8) is 0 Å². The minimum Gasteiger partial charge on any atom is -0.489 e. The lowest BCUT2D eigenvalue weighted by Gasteiger charge is -2.29. The number of aliphatic hydroxyl groups is 1. The quantitative estimate of drug-likeness (QED) is 0.580. The molecule has 2 aromatic carbocycles. The second-order valence-electron chi connectivity index (χ2n) is 8.78. The highest BCUT2D eigenvalue weighted by Crippen LogP contribution is 2.20. The first-order chi connectivity index (χ1) is 15.6. The maximum Gasteiger partial charge on any atom is 0.254 e. The van der Waals surface area contributed by atoms with Gasteiger partial charge in [-0.25, -0.2) is 0 Å². The van der Waals surface area contributed by atoms with Crippen molar-refractivity contribution in [1.82, 2.24) is 9.47 Å². The number of ether oxygens (including phenoxy) is 1. The van der Waals surface area contributed by atoms with Crippen LogP contribution < -0.4 is 10.3 Å². The predicted molar refractivity (Wildman–Crippen MR) is 127 cm³/mol. The van der Waals surface area contributed by atoms with E-state index in [2.05, 4.69) is 36.1 Å². The molecule has 3 aromatic rings. The number of nitrogens with zero attached hydrogens (tertiary/aromatic N) is 2. The van der Waals surface area contributed by atoms with Crippen LogP contribution in [-0.2, 0) is 19.7 Å². The molecule has 1 fully saturated rings. The Kier molecular flexibility index (Phi) is 7.40. The number of likely N-dealkylation sites (tertiary alicyclic amines) is 1. The molecule has 1 aliphatic rings. The van der Waals surface area contributed by atoms with E-state index in [0.717, 1.165) is 38.0 Å². The Balaban J connectivity index is 1.32. The van der Waals surface area contributed by atoms with Crippen molar-refractivity contribution in [3.8, 4) is 5.75 Å². The molecule has 0 radical (unpaired) electrons. The maximum atomic E-state index is 12.6. The van der Waals surface area contributed by atoms with Gasteiger partial charge in [0.2, 0.25) is 0 Å². The van der Waals surface area contributed by atoms with Gasteiger partial charge in [-0.1, -0.05) is 61.5 Å². The molecule has 1 N–H and O–H groups in total. The van der Waals surface area contributed by atoms with Crippen LogP contribution in [0.2, 0.25) is 0 Å². The molecule has 0 spiro atoms. The standard InChI is InChI=1S/C27H32N2O3/c1-21(24-9-7-22(8-10-24)19-28-14-11-25(30)12-15-28)18-29-16-13-26(17-27(29)31)32-20-23-5-3-2-4-6-23/h2-10,13,16-17,21,25,30H,11-12,14-15,18-20H2,1H3. The van der Waals surface area contributed by atoms with Crippen molar-refractivity contribution in [2.75, 3.05) is 13.1 Å². The number of aliphatic hydroxyl groups excluding tert-OH is 1. The molecule has 0 saturated carbocycles. The summed E-state index contributed by atoms with van der Waals surface area (Å²) in [6.07, 6.45) is 3.40. The number of hydrogen-bond acceptors (Lipinski definition) is 4. The fraction of sp³-hybridized carbons (Fsp3) is 0.370. The lowest BCUT2D eigenvalue weighted by Crippen LogP contribution is -2.35. The SMILES string of the molecule is CC(Cn1ccc(OCc2ccccc2)cc1=O)c1ccc(CN2CCC(O)CC2)cc1. The predicted octanol–water partition coefficient (Wildman–Crippen LogP) is 4.19. The van der Waals surface area contributed by atoms with Crippen molar-refractivity contribution in [1.29, 1.82) is 0 Å². The molecule has 0 amide bonds. The summed E-state index contributed by atoms with van der Waals surface area (Å²) in [6.45, 7) is 6.05. The van der Waals surface area contributed by atoms with Crippen LogP contribution in [-0.4, -0.2) is 33.8 Å². The largest absolute Gasteiger partial charge is 0.489 e. The molecular weight excluding hydrogens is 400 g/mol. The molecule has 5 nitrogen and oxygen atoms in total. The van der Waals surface area contributed by atoms with Crippen LogP contribution in [0.5, 0.6) is 5.75 Å². The van der Waals surface area contributed by atoms with Crippen LogP contribution in [0.3, 0.4) is 0 Å². The summed E-state index contributed by atoms with van der Waals surface area (Å²) >= 11 is 0. The first kappa shape index (κ1) is 22.3. The van der Waals surface area contributed by atoms with Gasteiger partial charge in [0, 0.05) is 38.4 Å². The summed E-state index contributed by atoms with van der Waals surface area (Å²) in [7, 11) is 0. The Bertz CT molecular complexity index is 1040. The Morgan fingerprint density at radius 2 is 1.72 bits per heavy atom. The summed E-state index contributed by atoms with van der Waals surface area (Å²) in [6, 6.07) is 22.1. The lowest BCUT2D eigenvalue weighted by atomic mass is 9.99. The second kappa shape index (κ2) is 10.6.